The van der Waals surface area contributed by atoms with E-state index in [1.807, 2.05) is 0 Å². The minimum Gasteiger partial charge on any atom is -0.469 e. The predicted octanol–water partition coefficient (Wildman–Crippen LogP) is 1.25. The lowest BCUT2D eigenvalue weighted by Gasteiger charge is -1.98. The molecule has 52 valence electrons. The summed E-state index contributed by atoms with van der Waals surface area (Å²) in [6.07, 6.45) is 5.66. The maximum Gasteiger partial charge on any atom is 0.143 e. The highest BCUT2D eigenvalue weighted by atomic mass is 16.3. The number of terminal acetylenes is 1. The SMILES string of the molecule is C#CC(O)c1ccoc1C. The molecule has 2 heteroatoms. The van der Waals surface area contributed by atoms with E-state index in [0.29, 0.717) is 11.3 Å². The molecule has 1 N–H and O–H groups in total. The van der Waals surface area contributed by atoms with Gasteiger partial charge in [-0.15, -0.1) is 6.42 Å². The number of aliphatic hydroxyl groups excluding tert-OH is 1. The zero-order chi connectivity index (χ0) is 7.56. The molecule has 0 aliphatic carbocycles. The number of aryl methyl sites for hydroxylation is 1. The molecule has 0 aliphatic rings. The van der Waals surface area contributed by atoms with Gasteiger partial charge in [0.25, 0.3) is 0 Å². The quantitative estimate of drug-likeness (QED) is 0.589. The number of hydrogen-bond acceptors (Lipinski definition) is 2. The van der Waals surface area contributed by atoms with E-state index in [2.05, 4.69) is 5.92 Å². The van der Waals surface area contributed by atoms with Crippen molar-refractivity contribution in [1.29, 1.82) is 0 Å². The standard InChI is InChI=1S/C8H8O2/c1-3-8(9)7-4-5-10-6(7)2/h1,4-5,8-9H,2H3. The van der Waals surface area contributed by atoms with E-state index < -0.39 is 6.10 Å². The average Bonchev–Trinajstić information content (AvgIpc) is 2.34. The second-order valence-corrected chi connectivity index (χ2v) is 2.00. The number of furan rings is 1. The smallest absolute Gasteiger partial charge is 0.143 e. The third-order valence-electron chi connectivity index (χ3n) is 1.35. The van der Waals surface area contributed by atoms with Crippen molar-refractivity contribution in [2.45, 2.75) is 13.0 Å². The molecule has 1 aromatic rings. The molecule has 2 nitrogen and oxygen atoms in total. The Hall–Kier alpha value is -1.20. The molecule has 1 unspecified atom stereocenters. The molecule has 0 radical (unpaired) electrons. The van der Waals surface area contributed by atoms with Crippen LogP contribution in [0, 0.1) is 19.3 Å². The van der Waals surface area contributed by atoms with E-state index >= 15 is 0 Å². The summed E-state index contributed by atoms with van der Waals surface area (Å²) in [4.78, 5) is 0. The summed E-state index contributed by atoms with van der Waals surface area (Å²) in [5, 5.41) is 9.10. The van der Waals surface area contributed by atoms with E-state index in [1.165, 1.54) is 6.26 Å². The summed E-state index contributed by atoms with van der Waals surface area (Å²) in [7, 11) is 0. The Bertz CT molecular complexity index is 254. The summed E-state index contributed by atoms with van der Waals surface area (Å²) in [5.74, 6) is 2.88. The Morgan fingerprint density at radius 1 is 1.80 bits per heavy atom. The lowest BCUT2D eigenvalue weighted by Crippen LogP contribution is -1.91. The van der Waals surface area contributed by atoms with Gasteiger partial charge in [-0.1, -0.05) is 5.92 Å². The van der Waals surface area contributed by atoms with Gasteiger partial charge < -0.3 is 9.52 Å². The van der Waals surface area contributed by atoms with Gasteiger partial charge in [-0.25, -0.2) is 0 Å². The molecule has 1 heterocycles. The minimum absolute atomic E-state index is 0.669. The van der Waals surface area contributed by atoms with Crippen molar-refractivity contribution in [1.82, 2.24) is 0 Å². The average molecular weight is 136 g/mol. The van der Waals surface area contributed by atoms with Gasteiger partial charge in [0, 0.05) is 5.56 Å². The number of rotatable bonds is 1. The summed E-state index contributed by atoms with van der Waals surface area (Å²) < 4.78 is 4.93. The molecule has 1 aromatic heterocycles. The van der Waals surface area contributed by atoms with E-state index in [-0.39, 0.29) is 0 Å². The lowest BCUT2D eigenvalue weighted by molar-refractivity contribution is 0.236. The normalized spacial score (nSPS) is 12.5. The van der Waals surface area contributed by atoms with Crippen LogP contribution in [-0.4, -0.2) is 5.11 Å². The van der Waals surface area contributed by atoms with Crippen LogP contribution in [0.2, 0.25) is 0 Å². The van der Waals surface area contributed by atoms with Crippen LogP contribution in [0.3, 0.4) is 0 Å². The first kappa shape index (κ1) is 6.91. The molecule has 0 amide bonds. The fourth-order valence-electron chi connectivity index (χ4n) is 0.768. The molecule has 0 aliphatic heterocycles. The van der Waals surface area contributed by atoms with Gasteiger partial charge in [0.15, 0.2) is 0 Å². The van der Waals surface area contributed by atoms with Crippen LogP contribution in [0.25, 0.3) is 0 Å². The maximum absolute atomic E-state index is 9.10. The first-order valence-corrected chi connectivity index (χ1v) is 2.94. The third kappa shape index (κ3) is 1.04. The molecular weight excluding hydrogens is 128 g/mol. The highest BCUT2D eigenvalue weighted by Gasteiger charge is 2.07. The Labute approximate surface area is 59.5 Å². The van der Waals surface area contributed by atoms with Crippen molar-refractivity contribution in [2.24, 2.45) is 0 Å². The highest BCUT2D eigenvalue weighted by molar-refractivity contribution is 5.24. The van der Waals surface area contributed by atoms with Crippen LogP contribution in [0.4, 0.5) is 0 Å². The van der Waals surface area contributed by atoms with Crippen LogP contribution in [0.1, 0.15) is 17.4 Å². The molecule has 1 rings (SSSR count). The van der Waals surface area contributed by atoms with E-state index in [9.17, 15) is 0 Å². The molecule has 0 aromatic carbocycles. The van der Waals surface area contributed by atoms with Gasteiger partial charge >= 0.3 is 0 Å². The molecule has 1 atom stereocenters. The van der Waals surface area contributed by atoms with Crippen LogP contribution >= 0.6 is 0 Å². The second-order valence-electron chi connectivity index (χ2n) is 2.00. The van der Waals surface area contributed by atoms with Crippen molar-refractivity contribution in [3.05, 3.63) is 23.7 Å². The van der Waals surface area contributed by atoms with E-state index in [0.717, 1.165) is 0 Å². The van der Waals surface area contributed by atoms with E-state index in [1.54, 1.807) is 13.0 Å². The van der Waals surface area contributed by atoms with Gasteiger partial charge in [0.1, 0.15) is 11.9 Å². The summed E-state index contributed by atoms with van der Waals surface area (Å²) in [6, 6.07) is 1.67. The summed E-state index contributed by atoms with van der Waals surface area (Å²) in [5.41, 5.74) is 0.669. The topological polar surface area (TPSA) is 33.4 Å². The fourth-order valence-corrected chi connectivity index (χ4v) is 0.768. The van der Waals surface area contributed by atoms with Gasteiger partial charge in [-0.05, 0) is 13.0 Å². The van der Waals surface area contributed by atoms with Gasteiger partial charge in [0.2, 0.25) is 0 Å². The molecule has 0 saturated heterocycles. The van der Waals surface area contributed by atoms with Crippen LogP contribution in [0.5, 0.6) is 0 Å². The minimum atomic E-state index is -0.834. The zero-order valence-electron chi connectivity index (χ0n) is 5.66. The lowest BCUT2D eigenvalue weighted by atomic mass is 10.1. The molecule has 0 spiro atoms. The van der Waals surface area contributed by atoms with Crippen molar-refractivity contribution in [3.63, 3.8) is 0 Å². The van der Waals surface area contributed by atoms with Crippen molar-refractivity contribution in [2.75, 3.05) is 0 Å². The Morgan fingerprint density at radius 2 is 2.50 bits per heavy atom. The van der Waals surface area contributed by atoms with Crippen LogP contribution in [0.15, 0.2) is 16.7 Å². The first-order chi connectivity index (χ1) is 4.75. The highest BCUT2D eigenvalue weighted by Crippen LogP contribution is 2.16. The summed E-state index contributed by atoms with van der Waals surface area (Å²) in [6.45, 7) is 1.76. The van der Waals surface area contributed by atoms with Gasteiger partial charge in [0.05, 0.1) is 6.26 Å². The predicted molar refractivity (Wildman–Crippen MR) is 37.2 cm³/mol. The van der Waals surface area contributed by atoms with Crippen molar-refractivity contribution in [3.8, 4) is 12.3 Å². The Morgan fingerprint density at radius 3 is 2.90 bits per heavy atom. The van der Waals surface area contributed by atoms with E-state index in [4.69, 9.17) is 15.9 Å². The monoisotopic (exact) mass is 136 g/mol. The third-order valence-corrected chi connectivity index (χ3v) is 1.35. The fraction of sp³-hybridized carbons (Fsp3) is 0.250. The molecular formula is C8H8O2. The van der Waals surface area contributed by atoms with Crippen molar-refractivity contribution < 1.29 is 9.52 Å². The first-order valence-electron chi connectivity index (χ1n) is 2.94. The summed E-state index contributed by atoms with van der Waals surface area (Å²) >= 11 is 0. The molecule has 0 fully saturated rings. The number of hydrogen-bond donors (Lipinski definition) is 1. The maximum atomic E-state index is 9.10. The molecule has 10 heavy (non-hydrogen) atoms. The molecule has 0 saturated carbocycles. The van der Waals surface area contributed by atoms with Gasteiger partial charge in [-0.3, -0.25) is 0 Å². The Balaban J connectivity index is 2.96. The Kier molecular flexibility index (Phi) is 1.79. The largest absolute Gasteiger partial charge is 0.469 e. The number of aliphatic hydroxyl groups is 1. The van der Waals surface area contributed by atoms with Crippen LogP contribution < -0.4 is 0 Å². The van der Waals surface area contributed by atoms with Crippen molar-refractivity contribution >= 4 is 0 Å². The van der Waals surface area contributed by atoms with Crippen LogP contribution in [-0.2, 0) is 0 Å². The second kappa shape index (κ2) is 2.59. The zero-order valence-corrected chi connectivity index (χ0v) is 5.66. The van der Waals surface area contributed by atoms with Gasteiger partial charge in [-0.2, -0.15) is 0 Å². The molecule has 0 bridgehead atoms.